The molecule has 0 bridgehead atoms. The highest BCUT2D eigenvalue weighted by atomic mass is 19.4. The van der Waals surface area contributed by atoms with Crippen molar-refractivity contribution in [2.24, 2.45) is 0 Å². The van der Waals surface area contributed by atoms with Gasteiger partial charge in [0, 0.05) is 26.3 Å². The van der Waals surface area contributed by atoms with Gasteiger partial charge in [0.15, 0.2) is 6.61 Å². The summed E-state index contributed by atoms with van der Waals surface area (Å²) in [6, 6.07) is -0.102. The first-order valence-electron chi connectivity index (χ1n) is 4.94. The van der Waals surface area contributed by atoms with Gasteiger partial charge in [-0.15, -0.1) is 0 Å². The fourth-order valence-corrected chi connectivity index (χ4v) is 1.47. The molecule has 1 aliphatic heterocycles. The fraction of sp³-hybridized carbons (Fsp3) is 0.889. The number of amides is 1. The van der Waals surface area contributed by atoms with Gasteiger partial charge in [0.05, 0.1) is 0 Å². The predicted molar refractivity (Wildman–Crippen MR) is 49.0 cm³/mol. The molecule has 1 heterocycles. The molecule has 0 aromatic heterocycles. The van der Waals surface area contributed by atoms with Crippen molar-refractivity contribution in [3.05, 3.63) is 0 Å². The lowest BCUT2D eigenvalue weighted by atomic mass is 10.1. The second-order valence-corrected chi connectivity index (χ2v) is 3.62. The highest BCUT2D eigenvalue weighted by molar-refractivity contribution is 5.67. The van der Waals surface area contributed by atoms with Crippen LogP contribution in [0, 0.1) is 0 Å². The number of hydrogen-bond donors (Lipinski definition) is 0. The van der Waals surface area contributed by atoms with Crippen molar-refractivity contribution >= 4 is 6.09 Å². The number of hydrogen-bond acceptors (Lipinski definition) is 3. The van der Waals surface area contributed by atoms with Gasteiger partial charge in [0.25, 0.3) is 0 Å². The van der Waals surface area contributed by atoms with E-state index in [1.807, 2.05) is 0 Å². The summed E-state index contributed by atoms with van der Waals surface area (Å²) in [5, 5.41) is 0. The van der Waals surface area contributed by atoms with Gasteiger partial charge in [-0.25, -0.2) is 4.79 Å². The zero-order valence-corrected chi connectivity index (χ0v) is 8.92. The number of carbonyl (C=O) groups is 1. The van der Waals surface area contributed by atoms with Crippen LogP contribution in [-0.4, -0.2) is 50.1 Å². The molecule has 16 heavy (non-hydrogen) atoms. The second-order valence-electron chi connectivity index (χ2n) is 3.62. The molecule has 0 saturated carbocycles. The Labute approximate surface area is 91.3 Å². The van der Waals surface area contributed by atoms with Crippen LogP contribution in [0.25, 0.3) is 0 Å². The van der Waals surface area contributed by atoms with Crippen molar-refractivity contribution in [2.75, 3.05) is 26.9 Å². The molecule has 0 N–H and O–H groups in total. The Hall–Kier alpha value is -0.980. The molecule has 0 unspecified atom stereocenters. The normalized spacial score (nSPS) is 18.2. The first kappa shape index (κ1) is 13.1. The van der Waals surface area contributed by atoms with Crippen LogP contribution in [0.2, 0.25) is 0 Å². The van der Waals surface area contributed by atoms with Gasteiger partial charge in [-0.2, -0.15) is 13.2 Å². The largest absolute Gasteiger partial charge is 0.440 e. The van der Waals surface area contributed by atoms with Crippen LogP contribution in [-0.2, 0) is 9.47 Å². The molecule has 1 fully saturated rings. The van der Waals surface area contributed by atoms with Crippen molar-refractivity contribution in [1.29, 1.82) is 0 Å². The quantitative estimate of drug-likeness (QED) is 0.740. The molecule has 0 atom stereocenters. The molecule has 4 nitrogen and oxygen atoms in total. The summed E-state index contributed by atoms with van der Waals surface area (Å²) in [6.45, 7) is -0.511. The van der Waals surface area contributed by atoms with Crippen LogP contribution < -0.4 is 0 Å². The Bertz CT molecular complexity index is 239. The molecule has 7 heteroatoms. The summed E-state index contributed by atoms with van der Waals surface area (Å²) >= 11 is 0. The van der Waals surface area contributed by atoms with Crippen LogP contribution >= 0.6 is 0 Å². The average molecular weight is 241 g/mol. The van der Waals surface area contributed by atoms with E-state index >= 15 is 0 Å². The van der Waals surface area contributed by atoms with Gasteiger partial charge >= 0.3 is 12.3 Å². The zero-order chi connectivity index (χ0) is 12.2. The standard InChI is InChI=1S/C9H14F3NO3/c1-13(7-2-4-15-5-3-7)8(14)16-6-9(10,11)12/h7H,2-6H2,1H3. The summed E-state index contributed by atoms with van der Waals surface area (Å²) in [7, 11) is 1.44. The first-order valence-corrected chi connectivity index (χ1v) is 4.94. The average Bonchev–Trinajstić information content (AvgIpc) is 2.25. The molecule has 1 rings (SSSR count). The fourth-order valence-electron chi connectivity index (χ4n) is 1.47. The first-order chi connectivity index (χ1) is 7.40. The second kappa shape index (κ2) is 5.38. The summed E-state index contributed by atoms with van der Waals surface area (Å²) in [5.74, 6) is 0. The van der Waals surface area contributed by atoms with Crippen LogP contribution in [0.4, 0.5) is 18.0 Å². The maximum Gasteiger partial charge on any atom is 0.422 e. The molecule has 1 amide bonds. The van der Waals surface area contributed by atoms with E-state index < -0.39 is 18.9 Å². The predicted octanol–water partition coefficient (Wildman–Crippen LogP) is 1.80. The number of alkyl halides is 3. The van der Waals surface area contributed by atoms with Crippen molar-refractivity contribution in [3.63, 3.8) is 0 Å². The maximum absolute atomic E-state index is 11.8. The summed E-state index contributed by atoms with van der Waals surface area (Å²) in [6.07, 6.45) is -4.18. The van der Waals surface area contributed by atoms with Gasteiger partial charge in [-0.3, -0.25) is 0 Å². The molecule has 0 aromatic rings. The molecule has 1 aliphatic rings. The Kier molecular flexibility index (Phi) is 4.40. The van der Waals surface area contributed by atoms with Crippen LogP contribution in [0.3, 0.4) is 0 Å². The molecular weight excluding hydrogens is 227 g/mol. The van der Waals surface area contributed by atoms with E-state index in [9.17, 15) is 18.0 Å². The van der Waals surface area contributed by atoms with Crippen molar-refractivity contribution in [2.45, 2.75) is 25.1 Å². The van der Waals surface area contributed by atoms with Gasteiger partial charge in [-0.05, 0) is 12.8 Å². The lowest BCUT2D eigenvalue weighted by Crippen LogP contribution is -2.41. The Balaban J connectivity index is 2.34. The van der Waals surface area contributed by atoms with E-state index in [0.717, 1.165) is 0 Å². The molecule has 1 saturated heterocycles. The number of rotatable bonds is 2. The van der Waals surface area contributed by atoms with Gasteiger partial charge in [0.2, 0.25) is 0 Å². The minimum atomic E-state index is -4.48. The minimum Gasteiger partial charge on any atom is -0.440 e. The maximum atomic E-state index is 11.8. The van der Waals surface area contributed by atoms with Gasteiger partial charge in [0.1, 0.15) is 0 Å². The minimum absolute atomic E-state index is 0.102. The van der Waals surface area contributed by atoms with Crippen molar-refractivity contribution < 1.29 is 27.4 Å². The molecule has 0 aromatic carbocycles. The number of carbonyl (C=O) groups excluding carboxylic acids is 1. The molecule has 0 radical (unpaired) electrons. The summed E-state index contributed by atoms with van der Waals surface area (Å²) in [4.78, 5) is 12.5. The SMILES string of the molecule is CN(C(=O)OCC(F)(F)F)C1CCOCC1. The van der Waals surface area contributed by atoms with Crippen LogP contribution in [0.1, 0.15) is 12.8 Å². The molecule has 94 valence electrons. The summed E-state index contributed by atoms with van der Waals surface area (Å²) < 4.78 is 44.6. The Morgan fingerprint density at radius 3 is 2.50 bits per heavy atom. The van der Waals surface area contributed by atoms with E-state index in [-0.39, 0.29) is 6.04 Å². The van der Waals surface area contributed by atoms with Crippen molar-refractivity contribution in [3.8, 4) is 0 Å². The van der Waals surface area contributed by atoms with Gasteiger partial charge < -0.3 is 14.4 Å². The van der Waals surface area contributed by atoms with E-state index in [2.05, 4.69) is 4.74 Å². The third kappa shape index (κ3) is 4.26. The smallest absolute Gasteiger partial charge is 0.422 e. The van der Waals surface area contributed by atoms with E-state index in [4.69, 9.17) is 4.74 Å². The molecule has 0 spiro atoms. The van der Waals surface area contributed by atoms with E-state index in [0.29, 0.717) is 26.1 Å². The highest BCUT2D eigenvalue weighted by Crippen LogP contribution is 2.17. The van der Waals surface area contributed by atoms with Crippen LogP contribution in [0.5, 0.6) is 0 Å². The molecular formula is C9H14F3NO3. The highest BCUT2D eigenvalue weighted by Gasteiger charge is 2.31. The number of nitrogens with zero attached hydrogens (tertiary/aromatic N) is 1. The monoisotopic (exact) mass is 241 g/mol. The number of ether oxygens (including phenoxy) is 2. The van der Waals surface area contributed by atoms with E-state index in [1.165, 1.54) is 11.9 Å². The molecule has 0 aliphatic carbocycles. The Morgan fingerprint density at radius 2 is 2.00 bits per heavy atom. The van der Waals surface area contributed by atoms with Gasteiger partial charge in [-0.1, -0.05) is 0 Å². The topological polar surface area (TPSA) is 38.8 Å². The van der Waals surface area contributed by atoms with Crippen LogP contribution in [0.15, 0.2) is 0 Å². The van der Waals surface area contributed by atoms with Crippen molar-refractivity contribution in [1.82, 2.24) is 4.90 Å². The van der Waals surface area contributed by atoms with E-state index in [1.54, 1.807) is 0 Å². The Morgan fingerprint density at radius 1 is 1.44 bits per heavy atom. The lowest BCUT2D eigenvalue weighted by Gasteiger charge is -2.30. The third-order valence-electron chi connectivity index (χ3n) is 2.39. The number of halogens is 3. The lowest BCUT2D eigenvalue weighted by molar-refractivity contribution is -0.162. The summed E-state index contributed by atoms with van der Waals surface area (Å²) in [5.41, 5.74) is 0. The zero-order valence-electron chi connectivity index (χ0n) is 8.92. The third-order valence-corrected chi connectivity index (χ3v) is 2.39.